The van der Waals surface area contributed by atoms with Gasteiger partial charge in [0.2, 0.25) is 0 Å². The fourth-order valence-electron chi connectivity index (χ4n) is 5.07. The number of halogens is 1. The van der Waals surface area contributed by atoms with Gasteiger partial charge in [-0.3, -0.25) is 0 Å². The van der Waals surface area contributed by atoms with Crippen LogP contribution in [0.4, 0.5) is 0 Å². The maximum atomic E-state index is 13.2. The van der Waals surface area contributed by atoms with Gasteiger partial charge in [0.15, 0.2) is 0 Å². The number of hydrogen-bond acceptors (Lipinski definition) is 3. The molecule has 2 saturated heterocycles. The molecule has 4 rings (SSSR count). The number of nitrogens with zero attached hydrogens (tertiary/aromatic N) is 2. The summed E-state index contributed by atoms with van der Waals surface area (Å²) < 4.78 is 30.8. The molecule has 2 aromatic rings. The van der Waals surface area contributed by atoms with Crippen molar-refractivity contribution in [2.45, 2.75) is 50.2 Å². The van der Waals surface area contributed by atoms with Gasteiger partial charge < -0.3 is 22.8 Å². The molecule has 0 amide bonds. The zero-order chi connectivity index (χ0) is 23.0. The molecule has 4 atom stereocenters. The second-order valence-electron chi connectivity index (χ2n) is 8.60. The maximum Gasteiger partial charge on any atom is 0.0728 e. The molecule has 4 unspecified atom stereocenters. The number of piperidine rings is 2. The Balaban J connectivity index is 0.00000125. The van der Waals surface area contributed by atoms with Gasteiger partial charge in [0.25, 0.3) is 0 Å². The van der Waals surface area contributed by atoms with Crippen molar-refractivity contribution in [2.75, 3.05) is 18.8 Å². The number of hydrogen-bond donors (Lipinski definition) is 0. The first-order chi connectivity index (χ1) is 15.5. The molecule has 2 aromatic carbocycles. The second-order valence-corrected chi connectivity index (χ2v) is 10.3. The topological polar surface area (TPSA) is 75.3 Å². The zero-order valence-electron chi connectivity index (χ0n) is 19.1. The molecule has 2 fully saturated rings. The molecule has 5 nitrogen and oxygen atoms in total. The Morgan fingerprint density at radius 2 is 1.52 bits per heavy atom. The van der Waals surface area contributed by atoms with Gasteiger partial charge in [-0.15, -0.1) is 12.1 Å². The van der Waals surface area contributed by atoms with Crippen LogP contribution in [0.2, 0.25) is 0 Å². The fourth-order valence-corrected chi connectivity index (χ4v) is 6.67. The van der Waals surface area contributed by atoms with E-state index >= 15 is 0 Å². The molecule has 0 spiro atoms. The van der Waals surface area contributed by atoms with Crippen LogP contribution in [0, 0.1) is 13.3 Å². The van der Waals surface area contributed by atoms with Crippen LogP contribution in [0.15, 0.2) is 60.7 Å². The third-order valence-electron chi connectivity index (χ3n) is 6.54. The van der Waals surface area contributed by atoms with Crippen molar-refractivity contribution in [3.8, 4) is 0 Å². The Morgan fingerprint density at radius 3 is 2.15 bits per heavy atom. The van der Waals surface area contributed by atoms with E-state index in [9.17, 15) is 8.42 Å². The van der Waals surface area contributed by atoms with E-state index in [0.29, 0.717) is 6.04 Å². The number of nitrogens with one attached hydrogen (secondary N) is 1. The SMILES string of the molecule is [CH3-].[Cl][Ru+3].[NH-]C(c1ccccc1)C([N-]S(=O)(=O)CC1CCCN2CCCCC12)c1ccccc1. The molecule has 2 aliphatic heterocycles. The minimum Gasteiger partial charge on any atom is -0.672 e. The van der Waals surface area contributed by atoms with E-state index in [-0.39, 0.29) is 19.1 Å². The molecule has 0 saturated carbocycles. The van der Waals surface area contributed by atoms with Crippen molar-refractivity contribution >= 4 is 19.7 Å². The summed E-state index contributed by atoms with van der Waals surface area (Å²) >= 11 is 1.82. The van der Waals surface area contributed by atoms with E-state index in [0.717, 1.165) is 43.5 Å². The Bertz CT molecular complexity index is 916. The summed E-state index contributed by atoms with van der Waals surface area (Å²) in [5.74, 6) is 0.240. The summed E-state index contributed by atoms with van der Waals surface area (Å²) in [6, 6.07) is 17.7. The van der Waals surface area contributed by atoms with Crippen molar-refractivity contribution in [3.05, 3.63) is 89.7 Å². The normalized spacial score (nSPS) is 22.6. The summed E-state index contributed by atoms with van der Waals surface area (Å²) in [5.41, 5.74) is 10.3. The largest absolute Gasteiger partial charge is 0.672 e. The quantitative estimate of drug-likeness (QED) is 0.274. The van der Waals surface area contributed by atoms with Crippen molar-refractivity contribution in [2.24, 2.45) is 5.92 Å². The summed E-state index contributed by atoms with van der Waals surface area (Å²) in [6.45, 7) is 2.18. The second kappa shape index (κ2) is 13.9. The minimum atomic E-state index is -3.65. The third-order valence-corrected chi connectivity index (χ3v) is 7.94. The van der Waals surface area contributed by atoms with E-state index in [1.54, 1.807) is 0 Å². The van der Waals surface area contributed by atoms with Gasteiger partial charge in [-0.25, -0.2) is 8.42 Å². The van der Waals surface area contributed by atoms with Crippen molar-refractivity contribution in [3.63, 3.8) is 0 Å². The van der Waals surface area contributed by atoms with Gasteiger partial charge in [0.05, 0.1) is 10.0 Å². The monoisotopic (exact) mass is 577 g/mol. The first-order valence-corrected chi connectivity index (χ1v) is 15.0. The average molecular weight is 577 g/mol. The van der Waals surface area contributed by atoms with Crippen LogP contribution in [0.1, 0.15) is 55.3 Å². The van der Waals surface area contributed by atoms with Gasteiger partial charge >= 0.3 is 27.0 Å². The van der Waals surface area contributed by atoms with Crippen LogP contribution < -0.4 is 0 Å². The van der Waals surface area contributed by atoms with Crippen LogP contribution >= 0.6 is 9.69 Å². The summed E-state index contributed by atoms with van der Waals surface area (Å²) in [5, 5.41) is 0. The Labute approximate surface area is 214 Å². The van der Waals surface area contributed by atoms with E-state index in [2.05, 4.69) is 19.3 Å². The average Bonchev–Trinajstić information content (AvgIpc) is 2.84. The summed E-state index contributed by atoms with van der Waals surface area (Å²) in [7, 11) is 0.915. The standard InChI is InChI=1S/C24H31N3O2S.CH3.ClH.Ru/c25-23(19-10-3-1-4-11-19)24(20-12-5-2-6-13-20)26-30(28,29)18-21-14-9-17-27-16-8-7-15-22(21)27;;;/h1-6,10-13,21-25H,7-9,14-18H2;1H3;1H;/q-2;-1;;+4/p-1. The van der Waals surface area contributed by atoms with Gasteiger partial charge in [0, 0.05) is 11.8 Å². The fraction of sp³-hybridized carbons (Fsp3) is 0.480. The van der Waals surface area contributed by atoms with Crippen molar-refractivity contribution in [1.82, 2.24) is 4.90 Å². The Hall–Kier alpha value is -0.817. The number of sulfonamides is 1. The number of fused-ring (bicyclic) bond motifs is 1. The van der Waals surface area contributed by atoms with Gasteiger partial charge in [0.1, 0.15) is 0 Å². The van der Waals surface area contributed by atoms with Crippen molar-refractivity contribution in [1.29, 1.82) is 0 Å². The molecule has 2 heterocycles. The van der Waals surface area contributed by atoms with E-state index in [1.807, 2.05) is 78.0 Å². The summed E-state index contributed by atoms with van der Waals surface area (Å²) in [4.78, 5) is 2.49. The van der Waals surface area contributed by atoms with Gasteiger partial charge in [-0.05, 0) is 44.7 Å². The molecule has 1 N–H and O–H groups in total. The van der Waals surface area contributed by atoms with E-state index < -0.39 is 22.1 Å². The first kappa shape index (κ1) is 28.4. The smallest absolute Gasteiger partial charge is 0.0728 e. The molecule has 2 aliphatic rings. The van der Waals surface area contributed by atoms with E-state index in [1.165, 1.54) is 12.8 Å². The Morgan fingerprint density at radius 1 is 0.939 bits per heavy atom. The van der Waals surface area contributed by atoms with Crippen LogP contribution in [0.3, 0.4) is 0 Å². The van der Waals surface area contributed by atoms with Crippen LogP contribution in [0.5, 0.6) is 0 Å². The molecule has 182 valence electrons. The molecular weight excluding hydrogens is 543 g/mol. The molecule has 33 heavy (non-hydrogen) atoms. The minimum absolute atomic E-state index is 0. The molecule has 0 bridgehead atoms. The molecular formula is C25H34ClN3O2RuS. The summed E-state index contributed by atoms with van der Waals surface area (Å²) in [6.07, 6.45) is 5.50. The van der Waals surface area contributed by atoms with E-state index in [4.69, 9.17) is 5.73 Å². The van der Waals surface area contributed by atoms with Gasteiger partial charge in [-0.2, -0.15) is 0 Å². The maximum absolute atomic E-state index is 13.2. The zero-order valence-corrected chi connectivity index (χ0v) is 22.4. The predicted molar refractivity (Wildman–Crippen MR) is 134 cm³/mol. The van der Waals surface area contributed by atoms with Gasteiger partial charge in [-0.1, -0.05) is 78.2 Å². The first-order valence-electron chi connectivity index (χ1n) is 11.2. The number of rotatable bonds is 7. The Kier molecular flexibility index (Phi) is 12.0. The third kappa shape index (κ3) is 7.85. The predicted octanol–water partition coefficient (Wildman–Crippen LogP) is 6.63. The van der Waals surface area contributed by atoms with Crippen LogP contribution in [0.25, 0.3) is 10.5 Å². The van der Waals surface area contributed by atoms with Crippen molar-refractivity contribution < 1.29 is 25.7 Å². The molecule has 0 radical (unpaired) electrons. The molecule has 0 aliphatic carbocycles. The molecule has 8 heteroatoms. The van der Waals surface area contributed by atoms with Crippen LogP contribution in [-0.4, -0.2) is 38.2 Å². The number of benzene rings is 2. The van der Waals surface area contributed by atoms with Crippen LogP contribution in [-0.2, 0) is 27.3 Å². The molecule has 0 aromatic heterocycles.